The maximum Gasteiger partial charge on any atom is 0.0963 e. The zero-order valence-corrected chi connectivity index (χ0v) is 8.03. The molecule has 1 aliphatic rings. The highest BCUT2D eigenvalue weighted by Gasteiger charge is 2.19. The van der Waals surface area contributed by atoms with Crippen molar-refractivity contribution < 1.29 is 0 Å². The number of thiophene rings is 1. The van der Waals surface area contributed by atoms with Crippen LogP contribution in [0.1, 0.15) is 17.7 Å². The third-order valence-electron chi connectivity index (χ3n) is 2.60. The summed E-state index contributed by atoms with van der Waals surface area (Å²) in [4.78, 5) is 0. The Morgan fingerprint density at radius 1 is 1.38 bits per heavy atom. The Labute approximate surface area is 80.6 Å². The Hall–Kier alpha value is -1.09. The predicted molar refractivity (Wildman–Crippen MR) is 53.9 cm³/mol. The van der Waals surface area contributed by atoms with Crippen molar-refractivity contribution in [2.24, 2.45) is 0 Å². The normalized spacial score (nSPS) is 14.8. The summed E-state index contributed by atoms with van der Waals surface area (Å²) < 4.78 is 0. The van der Waals surface area contributed by atoms with E-state index >= 15 is 0 Å². The molecule has 0 fully saturated rings. The van der Waals surface area contributed by atoms with E-state index in [9.17, 15) is 0 Å². The number of nitrogens with zero attached hydrogens (tertiary/aromatic N) is 1. The molecule has 0 aromatic carbocycles. The molecule has 1 aliphatic carbocycles. The molecule has 3 heteroatoms. The van der Waals surface area contributed by atoms with Gasteiger partial charge in [-0.3, -0.25) is 5.10 Å². The predicted octanol–water partition coefficient (Wildman–Crippen LogP) is 2.63. The number of nitrogens with one attached hydrogen (secondary N) is 1. The largest absolute Gasteiger partial charge is 0.282 e. The van der Waals surface area contributed by atoms with Crippen LogP contribution in [0, 0.1) is 0 Å². The van der Waals surface area contributed by atoms with Gasteiger partial charge in [-0.05, 0) is 30.7 Å². The van der Waals surface area contributed by atoms with Crippen molar-refractivity contribution in [3.8, 4) is 11.3 Å². The molecule has 0 atom stereocenters. The molecule has 2 nitrogen and oxygen atoms in total. The molecular formula is C10H10N2S. The van der Waals surface area contributed by atoms with Gasteiger partial charge in [-0.25, -0.2) is 0 Å². The van der Waals surface area contributed by atoms with Gasteiger partial charge in [0, 0.05) is 22.2 Å². The van der Waals surface area contributed by atoms with Crippen LogP contribution in [0.5, 0.6) is 0 Å². The lowest BCUT2D eigenvalue weighted by atomic mass is 10.1. The zero-order chi connectivity index (χ0) is 8.67. The van der Waals surface area contributed by atoms with Crippen LogP contribution in [0.15, 0.2) is 16.8 Å². The highest BCUT2D eigenvalue weighted by atomic mass is 32.1. The van der Waals surface area contributed by atoms with Crippen LogP contribution < -0.4 is 0 Å². The standard InChI is InChI=1S/C10H10N2S/c1-2-8-9(3-1)11-12-10(8)7-4-5-13-6-7/h4-6H,1-3H2,(H,11,12). The van der Waals surface area contributed by atoms with Gasteiger partial charge in [0.2, 0.25) is 0 Å². The molecule has 66 valence electrons. The molecule has 0 unspecified atom stereocenters. The fraction of sp³-hybridized carbons (Fsp3) is 0.300. The smallest absolute Gasteiger partial charge is 0.0963 e. The van der Waals surface area contributed by atoms with Gasteiger partial charge < -0.3 is 0 Å². The average molecular weight is 190 g/mol. The van der Waals surface area contributed by atoms with Crippen LogP contribution in [-0.2, 0) is 12.8 Å². The second-order valence-corrected chi connectivity index (χ2v) is 4.17. The van der Waals surface area contributed by atoms with Crippen molar-refractivity contribution >= 4 is 11.3 Å². The van der Waals surface area contributed by atoms with Crippen LogP contribution in [0.25, 0.3) is 11.3 Å². The molecule has 0 aliphatic heterocycles. The van der Waals surface area contributed by atoms with Gasteiger partial charge >= 0.3 is 0 Å². The van der Waals surface area contributed by atoms with Crippen molar-refractivity contribution in [1.82, 2.24) is 10.2 Å². The Balaban J connectivity index is 2.16. The summed E-state index contributed by atoms with van der Waals surface area (Å²) in [6.45, 7) is 0. The Morgan fingerprint density at radius 3 is 3.23 bits per heavy atom. The molecule has 3 rings (SSSR count). The Kier molecular flexibility index (Phi) is 1.52. The van der Waals surface area contributed by atoms with Crippen LogP contribution in [-0.4, -0.2) is 10.2 Å². The van der Waals surface area contributed by atoms with Crippen molar-refractivity contribution in [1.29, 1.82) is 0 Å². The third-order valence-corrected chi connectivity index (χ3v) is 3.28. The number of hydrogen-bond donors (Lipinski definition) is 1. The molecule has 0 saturated heterocycles. The third kappa shape index (κ3) is 1.04. The molecule has 0 saturated carbocycles. The van der Waals surface area contributed by atoms with Gasteiger partial charge in [-0.1, -0.05) is 0 Å². The molecule has 2 heterocycles. The molecule has 0 bridgehead atoms. The summed E-state index contributed by atoms with van der Waals surface area (Å²) in [5.41, 5.74) is 5.23. The Bertz CT molecular complexity index is 414. The number of aryl methyl sites for hydroxylation is 1. The van der Waals surface area contributed by atoms with E-state index in [-0.39, 0.29) is 0 Å². The molecule has 2 aromatic rings. The van der Waals surface area contributed by atoms with E-state index < -0.39 is 0 Å². The first-order valence-corrected chi connectivity index (χ1v) is 5.48. The zero-order valence-electron chi connectivity index (χ0n) is 7.21. The summed E-state index contributed by atoms with van der Waals surface area (Å²) in [5.74, 6) is 0. The van der Waals surface area contributed by atoms with Crippen LogP contribution in [0.4, 0.5) is 0 Å². The van der Waals surface area contributed by atoms with Crippen molar-refractivity contribution in [2.75, 3.05) is 0 Å². The highest BCUT2D eigenvalue weighted by molar-refractivity contribution is 7.08. The van der Waals surface area contributed by atoms with Gasteiger partial charge in [0.25, 0.3) is 0 Å². The Morgan fingerprint density at radius 2 is 2.38 bits per heavy atom. The fourth-order valence-corrected chi connectivity index (χ4v) is 2.60. The topological polar surface area (TPSA) is 28.7 Å². The van der Waals surface area contributed by atoms with Crippen LogP contribution in [0.3, 0.4) is 0 Å². The average Bonchev–Trinajstić information content (AvgIpc) is 2.79. The van der Waals surface area contributed by atoms with E-state index in [1.165, 1.54) is 41.8 Å². The van der Waals surface area contributed by atoms with Crippen LogP contribution in [0.2, 0.25) is 0 Å². The number of hydrogen-bond acceptors (Lipinski definition) is 2. The van der Waals surface area contributed by atoms with Gasteiger partial charge in [-0.15, -0.1) is 0 Å². The van der Waals surface area contributed by atoms with Gasteiger partial charge in [0.1, 0.15) is 0 Å². The van der Waals surface area contributed by atoms with E-state index in [0.717, 1.165) is 0 Å². The number of rotatable bonds is 1. The molecule has 1 N–H and O–H groups in total. The highest BCUT2D eigenvalue weighted by Crippen LogP contribution is 2.30. The fourth-order valence-electron chi connectivity index (χ4n) is 1.96. The number of H-pyrrole nitrogens is 1. The minimum Gasteiger partial charge on any atom is -0.282 e. The second kappa shape index (κ2) is 2.70. The summed E-state index contributed by atoms with van der Waals surface area (Å²) in [6.07, 6.45) is 3.64. The minimum atomic E-state index is 1.17. The molecule has 2 aromatic heterocycles. The van der Waals surface area contributed by atoms with E-state index in [0.29, 0.717) is 0 Å². The van der Waals surface area contributed by atoms with E-state index in [1.807, 2.05) is 0 Å². The summed E-state index contributed by atoms with van der Waals surface area (Å²) in [7, 11) is 0. The lowest BCUT2D eigenvalue weighted by Gasteiger charge is -1.93. The van der Waals surface area contributed by atoms with Crippen LogP contribution >= 0.6 is 11.3 Å². The first-order valence-electron chi connectivity index (χ1n) is 4.54. The van der Waals surface area contributed by atoms with Crippen molar-refractivity contribution in [3.63, 3.8) is 0 Å². The summed E-state index contributed by atoms with van der Waals surface area (Å²) in [6, 6.07) is 2.14. The lowest BCUT2D eigenvalue weighted by molar-refractivity contribution is 0.867. The maximum absolute atomic E-state index is 4.36. The van der Waals surface area contributed by atoms with E-state index in [2.05, 4.69) is 27.0 Å². The molecule has 0 amide bonds. The quantitative estimate of drug-likeness (QED) is 0.735. The monoisotopic (exact) mass is 190 g/mol. The number of aromatic amines is 1. The van der Waals surface area contributed by atoms with E-state index in [1.54, 1.807) is 11.3 Å². The maximum atomic E-state index is 4.36. The molecular weight excluding hydrogens is 180 g/mol. The summed E-state index contributed by atoms with van der Waals surface area (Å²) in [5, 5.41) is 11.8. The number of fused-ring (bicyclic) bond motifs is 1. The van der Waals surface area contributed by atoms with Crippen molar-refractivity contribution in [2.45, 2.75) is 19.3 Å². The van der Waals surface area contributed by atoms with Crippen molar-refractivity contribution in [3.05, 3.63) is 28.1 Å². The summed E-state index contributed by atoms with van der Waals surface area (Å²) >= 11 is 1.73. The SMILES string of the molecule is c1cc(-c2n[nH]c3c2CCC3)cs1. The minimum absolute atomic E-state index is 1.17. The second-order valence-electron chi connectivity index (χ2n) is 3.39. The van der Waals surface area contributed by atoms with E-state index in [4.69, 9.17) is 0 Å². The first kappa shape index (κ1) is 7.33. The molecule has 0 radical (unpaired) electrons. The molecule has 0 spiro atoms. The number of aromatic nitrogens is 2. The lowest BCUT2D eigenvalue weighted by Crippen LogP contribution is -1.81. The molecule has 13 heavy (non-hydrogen) atoms. The van der Waals surface area contributed by atoms with Gasteiger partial charge in [0.15, 0.2) is 0 Å². The van der Waals surface area contributed by atoms with Gasteiger partial charge in [0.05, 0.1) is 5.69 Å². The first-order chi connectivity index (χ1) is 6.45. The van der Waals surface area contributed by atoms with Gasteiger partial charge in [-0.2, -0.15) is 16.4 Å².